The van der Waals surface area contributed by atoms with Gasteiger partial charge < -0.3 is 14.6 Å². The molecule has 0 aliphatic carbocycles. The molecule has 2 rings (SSSR count). The molecule has 2 aromatic rings. The van der Waals surface area contributed by atoms with Crippen LogP contribution in [0, 0.1) is 0 Å². The molecule has 0 saturated heterocycles. The second kappa shape index (κ2) is 7.45. The van der Waals surface area contributed by atoms with Gasteiger partial charge in [0, 0.05) is 23.1 Å². The van der Waals surface area contributed by atoms with E-state index < -0.39 is 0 Å². The van der Waals surface area contributed by atoms with Gasteiger partial charge in [-0.2, -0.15) is 0 Å². The minimum atomic E-state index is 0.540. The molecule has 0 bridgehead atoms. The number of nitrogens with zero attached hydrogens (tertiary/aromatic N) is 2. The largest absolute Gasteiger partial charge is 0.487 e. The molecular formula is C15H20BrN3O. The van der Waals surface area contributed by atoms with E-state index in [-0.39, 0.29) is 0 Å². The number of halogens is 1. The van der Waals surface area contributed by atoms with Crippen molar-refractivity contribution in [3.63, 3.8) is 0 Å². The summed E-state index contributed by atoms with van der Waals surface area (Å²) in [7, 11) is 1.93. The van der Waals surface area contributed by atoms with Gasteiger partial charge in [-0.05, 0) is 31.7 Å². The fourth-order valence-electron chi connectivity index (χ4n) is 2.08. The highest BCUT2D eigenvalue weighted by Gasteiger charge is 2.07. The average molecular weight is 338 g/mol. The summed E-state index contributed by atoms with van der Waals surface area (Å²) in [5.74, 6) is 0.909. The highest BCUT2D eigenvalue weighted by molar-refractivity contribution is 9.10. The lowest BCUT2D eigenvalue weighted by Gasteiger charge is -2.13. The first-order valence-corrected chi connectivity index (χ1v) is 7.58. The number of rotatable bonds is 7. The number of imidazole rings is 1. The first-order valence-electron chi connectivity index (χ1n) is 6.79. The van der Waals surface area contributed by atoms with Gasteiger partial charge in [0.15, 0.2) is 0 Å². The van der Waals surface area contributed by atoms with Gasteiger partial charge >= 0.3 is 0 Å². The minimum absolute atomic E-state index is 0.540. The summed E-state index contributed by atoms with van der Waals surface area (Å²) in [6.07, 6.45) is 4.82. The Balaban J connectivity index is 2.08. The Morgan fingerprint density at radius 2 is 2.25 bits per heavy atom. The molecule has 0 spiro atoms. The summed E-state index contributed by atoms with van der Waals surface area (Å²) >= 11 is 3.49. The molecule has 1 aromatic carbocycles. The lowest BCUT2D eigenvalue weighted by Crippen LogP contribution is -2.09. The molecular weight excluding hydrogens is 318 g/mol. The Labute approximate surface area is 128 Å². The van der Waals surface area contributed by atoms with Gasteiger partial charge in [0.2, 0.25) is 0 Å². The van der Waals surface area contributed by atoms with Gasteiger partial charge in [-0.1, -0.05) is 22.9 Å². The number of hydrogen-bond acceptors (Lipinski definition) is 3. The van der Waals surface area contributed by atoms with Crippen LogP contribution >= 0.6 is 15.9 Å². The first-order chi connectivity index (χ1) is 9.74. The van der Waals surface area contributed by atoms with Gasteiger partial charge in [0.05, 0.1) is 18.2 Å². The molecule has 0 radical (unpaired) electrons. The van der Waals surface area contributed by atoms with Crippen molar-refractivity contribution < 1.29 is 4.74 Å². The Morgan fingerprint density at radius 1 is 1.40 bits per heavy atom. The molecule has 0 atom stereocenters. The summed E-state index contributed by atoms with van der Waals surface area (Å²) < 4.78 is 9.15. The lowest BCUT2D eigenvalue weighted by atomic mass is 10.2. The average Bonchev–Trinajstić information content (AvgIpc) is 2.86. The standard InChI is InChI=1S/C15H20BrN3O/c1-3-6-19-11-18-9-14(19)10-20-15-5-4-13(16)7-12(15)8-17-2/h4-5,7,9,11,17H,3,6,8,10H2,1-2H3. The van der Waals surface area contributed by atoms with Crippen molar-refractivity contribution in [2.24, 2.45) is 0 Å². The summed E-state index contributed by atoms with van der Waals surface area (Å²) in [6, 6.07) is 6.07. The molecule has 0 aliphatic rings. The number of hydrogen-bond donors (Lipinski definition) is 1. The molecule has 5 heteroatoms. The van der Waals surface area contributed by atoms with Crippen LogP contribution in [-0.2, 0) is 19.7 Å². The van der Waals surface area contributed by atoms with Crippen LogP contribution < -0.4 is 10.1 Å². The van der Waals surface area contributed by atoms with Gasteiger partial charge in [-0.3, -0.25) is 0 Å². The van der Waals surface area contributed by atoms with Crippen LogP contribution in [0.2, 0.25) is 0 Å². The third-order valence-corrected chi connectivity index (χ3v) is 3.52. The number of nitrogens with one attached hydrogen (secondary N) is 1. The molecule has 0 unspecified atom stereocenters. The summed E-state index contributed by atoms with van der Waals surface area (Å²) in [5.41, 5.74) is 2.24. The van der Waals surface area contributed by atoms with Crippen LogP contribution in [-0.4, -0.2) is 16.6 Å². The highest BCUT2D eigenvalue weighted by atomic mass is 79.9. The summed E-state index contributed by atoms with van der Waals surface area (Å²) in [5, 5.41) is 3.16. The van der Waals surface area contributed by atoms with E-state index in [2.05, 4.69) is 43.8 Å². The Kier molecular flexibility index (Phi) is 5.61. The molecule has 0 amide bonds. The van der Waals surface area contributed by atoms with Gasteiger partial charge in [-0.25, -0.2) is 4.98 Å². The molecule has 1 heterocycles. The lowest BCUT2D eigenvalue weighted by molar-refractivity contribution is 0.291. The van der Waals surface area contributed by atoms with Crippen LogP contribution in [0.1, 0.15) is 24.6 Å². The van der Waals surface area contributed by atoms with E-state index in [0.717, 1.165) is 41.0 Å². The van der Waals surface area contributed by atoms with Crippen LogP contribution in [0.5, 0.6) is 5.75 Å². The first kappa shape index (κ1) is 15.1. The molecule has 1 aromatic heterocycles. The van der Waals surface area contributed by atoms with Crippen molar-refractivity contribution >= 4 is 15.9 Å². The summed E-state index contributed by atoms with van der Waals surface area (Å²) in [6.45, 7) is 4.45. The van der Waals surface area contributed by atoms with Crippen LogP contribution in [0.15, 0.2) is 35.2 Å². The normalized spacial score (nSPS) is 10.8. The van der Waals surface area contributed by atoms with Crippen molar-refractivity contribution in [1.29, 1.82) is 0 Å². The Bertz CT molecular complexity index is 554. The smallest absolute Gasteiger partial charge is 0.130 e. The maximum atomic E-state index is 5.95. The molecule has 0 saturated carbocycles. The van der Waals surface area contributed by atoms with Crippen LogP contribution in [0.3, 0.4) is 0 Å². The Morgan fingerprint density at radius 3 is 3.00 bits per heavy atom. The van der Waals surface area contributed by atoms with E-state index in [1.807, 2.05) is 31.7 Å². The SMILES string of the molecule is CCCn1cncc1COc1ccc(Br)cc1CNC. The van der Waals surface area contributed by atoms with E-state index in [9.17, 15) is 0 Å². The van der Waals surface area contributed by atoms with E-state index in [1.54, 1.807) is 0 Å². The van der Waals surface area contributed by atoms with Gasteiger partial charge in [0.1, 0.15) is 12.4 Å². The third-order valence-electron chi connectivity index (χ3n) is 3.03. The molecule has 108 valence electrons. The number of benzene rings is 1. The zero-order chi connectivity index (χ0) is 14.4. The number of aryl methyl sites for hydroxylation is 1. The van der Waals surface area contributed by atoms with E-state index in [1.165, 1.54) is 0 Å². The Hall–Kier alpha value is -1.33. The van der Waals surface area contributed by atoms with Crippen molar-refractivity contribution in [3.8, 4) is 5.75 Å². The van der Waals surface area contributed by atoms with Crippen molar-refractivity contribution in [1.82, 2.24) is 14.9 Å². The van der Waals surface area contributed by atoms with Crippen LogP contribution in [0.25, 0.3) is 0 Å². The van der Waals surface area contributed by atoms with Crippen molar-refractivity contribution in [2.45, 2.75) is 33.0 Å². The van der Waals surface area contributed by atoms with E-state index in [4.69, 9.17) is 4.74 Å². The van der Waals surface area contributed by atoms with Crippen LogP contribution in [0.4, 0.5) is 0 Å². The maximum absolute atomic E-state index is 5.95. The predicted octanol–water partition coefficient (Wildman–Crippen LogP) is 3.35. The fourth-order valence-corrected chi connectivity index (χ4v) is 2.49. The second-order valence-corrected chi connectivity index (χ2v) is 5.57. The zero-order valence-electron chi connectivity index (χ0n) is 11.9. The van der Waals surface area contributed by atoms with E-state index in [0.29, 0.717) is 6.61 Å². The van der Waals surface area contributed by atoms with Gasteiger partial charge in [0.25, 0.3) is 0 Å². The second-order valence-electron chi connectivity index (χ2n) is 4.65. The molecule has 1 N–H and O–H groups in total. The topological polar surface area (TPSA) is 39.1 Å². The molecule has 4 nitrogen and oxygen atoms in total. The minimum Gasteiger partial charge on any atom is -0.487 e. The van der Waals surface area contributed by atoms with E-state index >= 15 is 0 Å². The zero-order valence-corrected chi connectivity index (χ0v) is 13.5. The molecule has 0 fully saturated rings. The predicted molar refractivity (Wildman–Crippen MR) is 83.8 cm³/mol. The third kappa shape index (κ3) is 3.84. The molecule has 0 aliphatic heterocycles. The summed E-state index contributed by atoms with van der Waals surface area (Å²) in [4.78, 5) is 4.19. The highest BCUT2D eigenvalue weighted by Crippen LogP contribution is 2.24. The van der Waals surface area contributed by atoms with Crippen molar-refractivity contribution in [3.05, 3.63) is 46.5 Å². The maximum Gasteiger partial charge on any atom is 0.130 e. The van der Waals surface area contributed by atoms with Gasteiger partial charge in [-0.15, -0.1) is 0 Å². The number of aromatic nitrogens is 2. The fraction of sp³-hybridized carbons (Fsp3) is 0.400. The van der Waals surface area contributed by atoms with Crippen molar-refractivity contribution in [2.75, 3.05) is 7.05 Å². The number of ether oxygens (including phenoxy) is 1. The monoisotopic (exact) mass is 337 g/mol. The quantitative estimate of drug-likeness (QED) is 0.841. The molecule has 20 heavy (non-hydrogen) atoms.